The van der Waals surface area contributed by atoms with E-state index in [0.29, 0.717) is 17.1 Å². The smallest absolute Gasteiger partial charge is 0.270 e. The highest BCUT2D eigenvalue weighted by molar-refractivity contribution is 5.94. The summed E-state index contributed by atoms with van der Waals surface area (Å²) in [4.78, 5) is 13.2. The van der Waals surface area contributed by atoms with Gasteiger partial charge in [0.25, 0.3) is 5.91 Å². The van der Waals surface area contributed by atoms with E-state index in [-0.39, 0.29) is 17.8 Å². The molecule has 5 nitrogen and oxygen atoms in total. The Kier molecular flexibility index (Phi) is 6.83. The lowest BCUT2D eigenvalue weighted by Crippen LogP contribution is -2.34. The first kappa shape index (κ1) is 22.3. The molecule has 4 rings (SSSR count). The largest absolute Gasteiger partial charge is 0.497 e. The standard InChI is InChI=1S/C27H26FN3O2/c1-19(8-9-20-6-4-3-5-7-20)29-27(32)26-18-25(21-10-12-22(28)13-11-21)30-31(26)23-14-16-24(33-2)17-15-23/h3-7,10-19H,8-9H2,1-2H3,(H,29,32). The van der Waals surface area contributed by atoms with Gasteiger partial charge in [0.15, 0.2) is 0 Å². The van der Waals surface area contributed by atoms with E-state index in [1.807, 2.05) is 49.4 Å². The quantitative estimate of drug-likeness (QED) is 0.395. The van der Waals surface area contributed by atoms with Crippen LogP contribution in [0.4, 0.5) is 4.39 Å². The van der Waals surface area contributed by atoms with Crippen LogP contribution in [0.5, 0.6) is 5.75 Å². The molecule has 0 bridgehead atoms. The van der Waals surface area contributed by atoms with Crippen molar-refractivity contribution in [2.45, 2.75) is 25.8 Å². The number of hydrogen-bond acceptors (Lipinski definition) is 3. The number of halogens is 1. The maximum atomic E-state index is 13.4. The van der Waals surface area contributed by atoms with Crippen molar-refractivity contribution < 1.29 is 13.9 Å². The molecule has 0 radical (unpaired) electrons. The second-order valence-corrected chi connectivity index (χ2v) is 7.93. The van der Waals surface area contributed by atoms with Crippen molar-refractivity contribution in [3.8, 4) is 22.7 Å². The van der Waals surface area contributed by atoms with E-state index in [1.165, 1.54) is 17.7 Å². The minimum Gasteiger partial charge on any atom is -0.497 e. The van der Waals surface area contributed by atoms with Crippen molar-refractivity contribution in [2.75, 3.05) is 7.11 Å². The molecule has 0 aliphatic carbocycles. The zero-order valence-electron chi connectivity index (χ0n) is 18.7. The Labute approximate surface area is 192 Å². The number of aromatic nitrogens is 2. The molecule has 1 aromatic heterocycles. The van der Waals surface area contributed by atoms with Gasteiger partial charge in [-0.1, -0.05) is 30.3 Å². The number of rotatable bonds is 8. The zero-order chi connectivity index (χ0) is 23.2. The lowest BCUT2D eigenvalue weighted by Gasteiger charge is -2.15. The summed E-state index contributed by atoms with van der Waals surface area (Å²) >= 11 is 0. The average Bonchev–Trinajstić information content (AvgIpc) is 3.29. The van der Waals surface area contributed by atoms with Crippen LogP contribution in [0, 0.1) is 5.82 Å². The number of ether oxygens (including phenoxy) is 1. The normalized spacial score (nSPS) is 11.7. The first-order valence-electron chi connectivity index (χ1n) is 10.9. The predicted octanol–water partition coefficient (Wildman–Crippen LogP) is 5.44. The summed E-state index contributed by atoms with van der Waals surface area (Å²) in [5.74, 6) is 0.177. The van der Waals surface area contributed by atoms with Crippen molar-refractivity contribution in [1.29, 1.82) is 0 Å². The summed E-state index contributed by atoms with van der Waals surface area (Å²) in [6, 6.07) is 25.3. The van der Waals surface area contributed by atoms with Crippen LogP contribution in [0.2, 0.25) is 0 Å². The van der Waals surface area contributed by atoms with Gasteiger partial charge < -0.3 is 10.1 Å². The summed E-state index contributed by atoms with van der Waals surface area (Å²) in [5.41, 5.74) is 3.69. The van der Waals surface area contributed by atoms with Crippen LogP contribution < -0.4 is 10.1 Å². The van der Waals surface area contributed by atoms with Gasteiger partial charge in [0.05, 0.1) is 18.5 Å². The predicted molar refractivity (Wildman–Crippen MR) is 127 cm³/mol. The summed E-state index contributed by atoms with van der Waals surface area (Å²) < 4.78 is 20.2. The van der Waals surface area contributed by atoms with Gasteiger partial charge in [0, 0.05) is 11.6 Å². The van der Waals surface area contributed by atoms with Gasteiger partial charge in [-0.2, -0.15) is 5.10 Å². The summed E-state index contributed by atoms with van der Waals surface area (Å²) in [6.45, 7) is 2.00. The van der Waals surface area contributed by atoms with Gasteiger partial charge in [-0.3, -0.25) is 4.79 Å². The first-order valence-corrected chi connectivity index (χ1v) is 10.9. The highest BCUT2D eigenvalue weighted by Crippen LogP contribution is 2.23. The third-order valence-electron chi connectivity index (χ3n) is 5.49. The minimum atomic E-state index is -0.321. The number of methoxy groups -OCH3 is 1. The molecule has 0 fully saturated rings. The van der Waals surface area contributed by atoms with E-state index in [9.17, 15) is 9.18 Å². The van der Waals surface area contributed by atoms with Crippen LogP contribution in [0.15, 0.2) is 84.9 Å². The maximum Gasteiger partial charge on any atom is 0.270 e. The number of carbonyl (C=O) groups excluding carboxylic acids is 1. The van der Waals surface area contributed by atoms with E-state index >= 15 is 0 Å². The molecular formula is C27H26FN3O2. The molecule has 168 valence electrons. The van der Waals surface area contributed by atoms with E-state index in [1.54, 1.807) is 30.0 Å². The van der Waals surface area contributed by atoms with E-state index in [4.69, 9.17) is 4.74 Å². The van der Waals surface area contributed by atoms with E-state index < -0.39 is 0 Å². The van der Waals surface area contributed by atoms with Crippen LogP contribution in [0.1, 0.15) is 29.4 Å². The van der Waals surface area contributed by atoms with Crippen molar-refractivity contribution >= 4 is 5.91 Å². The van der Waals surface area contributed by atoms with Gasteiger partial charge in [-0.15, -0.1) is 0 Å². The Bertz CT molecular complexity index is 1200. The van der Waals surface area contributed by atoms with Gasteiger partial charge in [0.1, 0.15) is 17.3 Å². The number of benzene rings is 3. The molecule has 0 aliphatic rings. The number of aryl methyl sites for hydroxylation is 1. The van der Waals surface area contributed by atoms with Crippen molar-refractivity contribution in [2.24, 2.45) is 0 Å². The van der Waals surface area contributed by atoms with Crippen LogP contribution in [-0.4, -0.2) is 28.8 Å². The molecule has 1 atom stereocenters. The Morgan fingerprint density at radius 3 is 2.39 bits per heavy atom. The molecule has 1 heterocycles. The van der Waals surface area contributed by atoms with Crippen LogP contribution in [0.3, 0.4) is 0 Å². The Hall–Kier alpha value is -3.93. The van der Waals surface area contributed by atoms with Gasteiger partial charge in [0.2, 0.25) is 0 Å². The topological polar surface area (TPSA) is 56.2 Å². The summed E-state index contributed by atoms with van der Waals surface area (Å²) in [6.07, 6.45) is 1.69. The third-order valence-corrected chi connectivity index (χ3v) is 5.49. The fourth-order valence-electron chi connectivity index (χ4n) is 3.62. The molecule has 0 saturated heterocycles. The van der Waals surface area contributed by atoms with Crippen LogP contribution in [0.25, 0.3) is 16.9 Å². The Morgan fingerprint density at radius 1 is 1.03 bits per heavy atom. The monoisotopic (exact) mass is 443 g/mol. The molecule has 0 spiro atoms. The lowest BCUT2D eigenvalue weighted by atomic mass is 10.1. The molecule has 1 N–H and O–H groups in total. The highest BCUT2D eigenvalue weighted by Gasteiger charge is 2.19. The van der Waals surface area contributed by atoms with Gasteiger partial charge in [-0.05, 0) is 79.9 Å². The van der Waals surface area contributed by atoms with Crippen LogP contribution in [-0.2, 0) is 6.42 Å². The molecule has 4 aromatic rings. The SMILES string of the molecule is COc1ccc(-n2nc(-c3ccc(F)cc3)cc2C(=O)NC(C)CCc2ccccc2)cc1. The molecule has 33 heavy (non-hydrogen) atoms. The van der Waals surface area contributed by atoms with Gasteiger partial charge in [-0.25, -0.2) is 9.07 Å². The lowest BCUT2D eigenvalue weighted by molar-refractivity contribution is 0.0930. The number of nitrogens with one attached hydrogen (secondary N) is 1. The average molecular weight is 444 g/mol. The minimum absolute atomic E-state index is 0.0220. The number of carbonyl (C=O) groups is 1. The third kappa shape index (κ3) is 5.47. The highest BCUT2D eigenvalue weighted by atomic mass is 19.1. The van der Waals surface area contributed by atoms with Crippen molar-refractivity contribution in [1.82, 2.24) is 15.1 Å². The second kappa shape index (κ2) is 10.1. The molecule has 1 amide bonds. The second-order valence-electron chi connectivity index (χ2n) is 7.93. The molecule has 6 heteroatoms. The van der Waals surface area contributed by atoms with Crippen molar-refractivity contribution in [3.63, 3.8) is 0 Å². The van der Waals surface area contributed by atoms with E-state index in [2.05, 4.69) is 22.5 Å². The van der Waals surface area contributed by atoms with Crippen molar-refractivity contribution in [3.05, 3.63) is 102 Å². The molecule has 0 saturated carbocycles. The number of nitrogens with zero attached hydrogens (tertiary/aromatic N) is 2. The zero-order valence-corrected chi connectivity index (χ0v) is 18.7. The van der Waals surface area contributed by atoms with Crippen LogP contribution >= 0.6 is 0 Å². The first-order chi connectivity index (χ1) is 16.0. The fraction of sp³-hybridized carbons (Fsp3) is 0.185. The maximum absolute atomic E-state index is 13.4. The molecule has 0 aliphatic heterocycles. The molecule has 1 unspecified atom stereocenters. The molecule has 3 aromatic carbocycles. The number of amides is 1. The summed E-state index contributed by atoms with van der Waals surface area (Å²) in [5, 5.41) is 7.74. The Balaban J connectivity index is 1.58. The fourth-order valence-corrected chi connectivity index (χ4v) is 3.62. The summed E-state index contributed by atoms with van der Waals surface area (Å²) in [7, 11) is 1.60. The number of hydrogen-bond donors (Lipinski definition) is 1. The van der Waals surface area contributed by atoms with E-state index in [0.717, 1.165) is 24.1 Å². The Morgan fingerprint density at radius 2 is 1.73 bits per heavy atom. The van der Waals surface area contributed by atoms with Gasteiger partial charge >= 0.3 is 0 Å². The molecular weight excluding hydrogens is 417 g/mol.